The molecule has 4 rings (SSSR count). The highest BCUT2D eigenvalue weighted by molar-refractivity contribution is 6.35. The molecule has 0 saturated heterocycles. The maximum Gasteiger partial charge on any atom is 0.270 e. The lowest BCUT2D eigenvalue weighted by Gasteiger charge is -2.08. The molecule has 0 aliphatic carbocycles. The second kappa shape index (κ2) is 12.4. The average molecular weight is 525 g/mol. The fourth-order valence-electron chi connectivity index (χ4n) is 3.29. The summed E-state index contributed by atoms with van der Waals surface area (Å²) in [5, 5.41) is 5.52. The number of aromatic nitrogens is 2. The van der Waals surface area contributed by atoms with Gasteiger partial charge >= 0.3 is 0 Å². The maximum absolute atomic E-state index is 12.5. The van der Waals surface area contributed by atoms with E-state index in [1.165, 1.54) is 10.8 Å². The van der Waals surface area contributed by atoms with E-state index >= 15 is 0 Å². The highest BCUT2D eigenvalue weighted by Crippen LogP contribution is 2.25. The average Bonchev–Trinajstić information content (AvgIpc) is 3.39. The molecule has 0 radical (unpaired) electrons. The first-order valence-corrected chi connectivity index (χ1v) is 12.0. The summed E-state index contributed by atoms with van der Waals surface area (Å²) in [6.45, 7) is 0.248. The zero-order valence-electron chi connectivity index (χ0n) is 19.2. The molecule has 0 spiro atoms. The molecule has 36 heavy (non-hydrogen) atoms. The molecule has 0 atom stereocenters. The van der Waals surface area contributed by atoms with Crippen LogP contribution in [-0.4, -0.2) is 29.0 Å². The van der Waals surface area contributed by atoms with Crippen LogP contribution in [-0.2, 0) is 6.61 Å². The van der Waals surface area contributed by atoms with Crippen molar-refractivity contribution in [1.29, 1.82) is 0 Å². The molecule has 0 amide bonds. The first kappa shape index (κ1) is 25.5. The minimum absolute atomic E-state index is 0.274. The Morgan fingerprint density at radius 2 is 1.67 bits per heavy atom. The van der Waals surface area contributed by atoms with Crippen molar-refractivity contribution in [1.82, 2.24) is 9.78 Å². The molecule has 184 valence electrons. The van der Waals surface area contributed by atoms with E-state index in [2.05, 4.69) is 5.10 Å². The molecule has 0 saturated carbocycles. The van der Waals surface area contributed by atoms with Crippen molar-refractivity contribution in [2.24, 2.45) is 0 Å². The number of allylic oxidation sites excluding steroid dienone is 1. The number of alkyl halides is 1. The Morgan fingerprint density at radius 3 is 2.39 bits per heavy atom. The third kappa shape index (κ3) is 6.97. The molecule has 0 aliphatic heterocycles. The summed E-state index contributed by atoms with van der Waals surface area (Å²) in [5.41, 5.74) is 3.20. The van der Waals surface area contributed by atoms with Gasteiger partial charge in [-0.2, -0.15) is 5.10 Å². The predicted octanol–water partition coefficient (Wildman–Crippen LogP) is 7.53. The number of nitrogens with zero attached hydrogens (tertiary/aromatic N) is 2. The number of halogens is 3. The minimum atomic E-state index is -0.404. The number of hydrogen-bond acceptors (Lipinski definition) is 4. The van der Waals surface area contributed by atoms with E-state index in [-0.39, 0.29) is 5.91 Å². The van der Waals surface area contributed by atoms with E-state index in [0.29, 0.717) is 46.9 Å². The smallest absolute Gasteiger partial charge is 0.270 e. The van der Waals surface area contributed by atoms with Gasteiger partial charge in [0.25, 0.3) is 5.91 Å². The third-order valence-electron chi connectivity index (χ3n) is 5.22. The quantitative estimate of drug-likeness (QED) is 0.159. The molecular formula is C28H23Cl2FN2O3. The molecule has 1 heterocycles. The summed E-state index contributed by atoms with van der Waals surface area (Å²) < 4.78 is 24.7. The number of rotatable bonds is 10. The van der Waals surface area contributed by atoms with Crippen LogP contribution in [0.3, 0.4) is 0 Å². The molecule has 0 bridgehead atoms. The van der Waals surface area contributed by atoms with Crippen molar-refractivity contribution in [2.45, 2.75) is 13.0 Å². The lowest BCUT2D eigenvalue weighted by molar-refractivity contribution is 0.0955. The van der Waals surface area contributed by atoms with Gasteiger partial charge in [0.2, 0.25) is 0 Å². The largest absolute Gasteiger partial charge is 0.493 e. The molecule has 0 N–H and O–H groups in total. The van der Waals surface area contributed by atoms with Crippen LogP contribution < -0.4 is 9.47 Å². The lowest BCUT2D eigenvalue weighted by atomic mass is 10.1. The molecular weight excluding hydrogens is 502 g/mol. The fourth-order valence-corrected chi connectivity index (χ4v) is 3.75. The molecule has 1 aromatic heterocycles. The van der Waals surface area contributed by atoms with Crippen molar-refractivity contribution < 1.29 is 18.7 Å². The van der Waals surface area contributed by atoms with Crippen LogP contribution in [0, 0.1) is 0 Å². The van der Waals surface area contributed by atoms with Gasteiger partial charge in [-0.25, -0.2) is 4.68 Å². The monoisotopic (exact) mass is 524 g/mol. The number of carbonyl (C=O) groups is 1. The highest BCUT2D eigenvalue weighted by Gasteiger charge is 2.08. The summed E-state index contributed by atoms with van der Waals surface area (Å²) in [6.07, 6.45) is 5.14. The molecule has 8 heteroatoms. The van der Waals surface area contributed by atoms with Gasteiger partial charge in [-0.1, -0.05) is 41.4 Å². The predicted molar refractivity (Wildman–Crippen MR) is 141 cm³/mol. The SMILES string of the molecule is O=C(/C=C/c1ccc(OCCCF)cc1)n1ccc(-c2ccc(OCc3ccc(Cl)cc3Cl)cc2)n1. The molecule has 4 aromatic rings. The normalized spacial score (nSPS) is 11.1. The van der Waals surface area contributed by atoms with Crippen molar-refractivity contribution in [3.8, 4) is 22.8 Å². The van der Waals surface area contributed by atoms with Gasteiger partial charge in [-0.05, 0) is 66.2 Å². The standard InChI is InChI=1S/C28H23Cl2FN2O3/c29-23-8-5-22(26(30)18-23)19-36-25-11-6-21(7-12-25)27-14-16-33(32-27)28(34)13-4-20-2-9-24(10-3-20)35-17-1-15-31/h2-14,16,18H,1,15,17,19H2/b13-4+. The summed E-state index contributed by atoms with van der Waals surface area (Å²) in [4.78, 5) is 12.5. The van der Waals surface area contributed by atoms with Crippen LogP contribution >= 0.6 is 23.2 Å². The van der Waals surface area contributed by atoms with Crippen molar-refractivity contribution >= 4 is 35.2 Å². The summed E-state index contributed by atoms with van der Waals surface area (Å²) in [5.74, 6) is 1.07. The Hall–Kier alpha value is -3.61. The Morgan fingerprint density at radius 1 is 0.944 bits per heavy atom. The van der Waals surface area contributed by atoms with E-state index in [9.17, 15) is 9.18 Å². The second-order valence-corrected chi connectivity index (χ2v) is 8.67. The van der Waals surface area contributed by atoms with Gasteiger partial charge in [0.15, 0.2) is 0 Å². The van der Waals surface area contributed by atoms with E-state index in [1.54, 1.807) is 42.6 Å². The molecule has 0 fully saturated rings. The Kier molecular flexibility index (Phi) is 8.76. The Bertz CT molecular complexity index is 1340. The number of benzene rings is 3. The van der Waals surface area contributed by atoms with Crippen LogP contribution in [0.1, 0.15) is 22.3 Å². The molecule has 0 aliphatic rings. The number of ether oxygens (including phenoxy) is 2. The first-order chi connectivity index (χ1) is 17.5. The highest BCUT2D eigenvalue weighted by atomic mass is 35.5. The summed E-state index contributed by atoms with van der Waals surface area (Å²) >= 11 is 12.1. The van der Waals surface area contributed by atoms with Gasteiger partial charge in [-0.3, -0.25) is 9.18 Å². The molecule has 3 aromatic carbocycles. The topological polar surface area (TPSA) is 53.4 Å². The first-order valence-electron chi connectivity index (χ1n) is 11.3. The van der Waals surface area contributed by atoms with Gasteiger partial charge in [-0.15, -0.1) is 0 Å². The number of carbonyl (C=O) groups excluding carboxylic acids is 1. The van der Waals surface area contributed by atoms with E-state index in [0.717, 1.165) is 16.7 Å². The van der Waals surface area contributed by atoms with Gasteiger partial charge in [0.1, 0.15) is 18.1 Å². The lowest BCUT2D eigenvalue weighted by Crippen LogP contribution is -2.07. The Balaban J connectivity index is 1.33. The third-order valence-corrected chi connectivity index (χ3v) is 5.81. The van der Waals surface area contributed by atoms with E-state index in [1.807, 2.05) is 42.5 Å². The van der Waals surface area contributed by atoms with E-state index in [4.69, 9.17) is 32.7 Å². The van der Waals surface area contributed by atoms with Crippen LogP contribution in [0.2, 0.25) is 10.0 Å². The van der Waals surface area contributed by atoms with Crippen molar-refractivity contribution in [2.75, 3.05) is 13.3 Å². The minimum Gasteiger partial charge on any atom is -0.493 e. The van der Waals surface area contributed by atoms with Crippen LogP contribution in [0.5, 0.6) is 11.5 Å². The van der Waals surface area contributed by atoms with E-state index < -0.39 is 6.67 Å². The maximum atomic E-state index is 12.5. The van der Waals surface area contributed by atoms with Gasteiger partial charge in [0.05, 0.1) is 19.0 Å². The zero-order valence-corrected chi connectivity index (χ0v) is 20.8. The van der Waals surface area contributed by atoms with Crippen LogP contribution in [0.25, 0.3) is 17.3 Å². The van der Waals surface area contributed by atoms with Gasteiger partial charge in [0, 0.05) is 39.9 Å². The van der Waals surface area contributed by atoms with Crippen molar-refractivity contribution in [3.63, 3.8) is 0 Å². The molecule has 0 unspecified atom stereocenters. The second-order valence-electron chi connectivity index (χ2n) is 7.83. The fraction of sp³-hybridized carbons (Fsp3) is 0.143. The molecule has 5 nitrogen and oxygen atoms in total. The number of hydrogen-bond donors (Lipinski definition) is 0. The van der Waals surface area contributed by atoms with Crippen molar-refractivity contribution in [3.05, 3.63) is 106 Å². The zero-order chi connectivity index (χ0) is 25.3. The Labute approximate surface area is 218 Å². The summed E-state index contributed by atoms with van der Waals surface area (Å²) in [6, 6.07) is 21.7. The van der Waals surface area contributed by atoms with Gasteiger partial charge < -0.3 is 9.47 Å². The van der Waals surface area contributed by atoms with Crippen LogP contribution in [0.15, 0.2) is 85.1 Å². The van der Waals surface area contributed by atoms with Crippen LogP contribution in [0.4, 0.5) is 4.39 Å². The summed E-state index contributed by atoms with van der Waals surface area (Å²) in [7, 11) is 0.